The lowest BCUT2D eigenvalue weighted by atomic mass is 9.98. The van der Waals surface area contributed by atoms with Gasteiger partial charge < -0.3 is 14.6 Å². The summed E-state index contributed by atoms with van der Waals surface area (Å²) in [6.07, 6.45) is 0.910. The number of para-hydroxylation sites is 2. The highest BCUT2D eigenvalue weighted by molar-refractivity contribution is 5.42. The summed E-state index contributed by atoms with van der Waals surface area (Å²) in [6.45, 7) is 3.39. The molecule has 0 bridgehead atoms. The van der Waals surface area contributed by atoms with E-state index in [4.69, 9.17) is 9.47 Å². The quantitative estimate of drug-likeness (QED) is 0.736. The summed E-state index contributed by atoms with van der Waals surface area (Å²) < 4.78 is 11.9. The molecule has 2 aliphatic rings. The Kier molecular flexibility index (Phi) is 4.41. The predicted octanol–water partition coefficient (Wildman–Crippen LogP) is 4.46. The van der Waals surface area contributed by atoms with E-state index in [0.717, 1.165) is 43.1 Å². The van der Waals surface area contributed by atoms with E-state index in [1.54, 1.807) is 6.07 Å². The zero-order valence-corrected chi connectivity index (χ0v) is 15.7. The van der Waals surface area contributed by atoms with Gasteiger partial charge in [0.2, 0.25) is 0 Å². The molecule has 142 valence electrons. The monoisotopic (exact) mass is 373 g/mol. The third-order valence-corrected chi connectivity index (χ3v) is 5.55. The number of phenolic OH excluding ortho intramolecular Hbond substituents is 1. The van der Waals surface area contributed by atoms with Crippen molar-refractivity contribution in [2.75, 3.05) is 13.2 Å². The van der Waals surface area contributed by atoms with Gasteiger partial charge in [-0.3, -0.25) is 4.90 Å². The Bertz CT molecular complexity index is 983. The van der Waals surface area contributed by atoms with E-state index in [-0.39, 0.29) is 6.10 Å². The smallest absolute Gasteiger partial charge is 0.162 e. The first-order chi connectivity index (χ1) is 13.7. The Labute approximate surface area is 165 Å². The van der Waals surface area contributed by atoms with E-state index < -0.39 is 0 Å². The molecule has 4 heteroatoms. The summed E-state index contributed by atoms with van der Waals surface area (Å²) in [6, 6.07) is 22.2. The summed E-state index contributed by atoms with van der Waals surface area (Å²) in [4.78, 5) is 2.45. The van der Waals surface area contributed by atoms with E-state index in [0.29, 0.717) is 12.4 Å². The number of hydrogen-bond donors (Lipinski definition) is 1. The molecule has 4 nitrogen and oxygen atoms in total. The van der Waals surface area contributed by atoms with Gasteiger partial charge in [-0.2, -0.15) is 0 Å². The van der Waals surface area contributed by atoms with Crippen molar-refractivity contribution >= 4 is 0 Å². The summed E-state index contributed by atoms with van der Waals surface area (Å²) in [5.74, 6) is 1.98. The topological polar surface area (TPSA) is 41.9 Å². The van der Waals surface area contributed by atoms with Crippen LogP contribution >= 0.6 is 0 Å². The molecule has 3 aromatic carbocycles. The SMILES string of the molecule is Oc1ccc2c(c1)CCN(Cc1ccc([C@H]3COc4ccccc4O3)cc1)C2. The zero-order valence-electron chi connectivity index (χ0n) is 15.7. The molecule has 0 saturated carbocycles. The standard InChI is InChI=1S/C24H23NO3/c26-21-10-9-20-15-25(12-11-19(20)13-21)14-17-5-7-18(8-6-17)24-16-27-22-3-1-2-4-23(22)28-24/h1-10,13,24,26H,11-12,14-16H2/t24-/m1/s1. The largest absolute Gasteiger partial charge is 0.508 e. The van der Waals surface area contributed by atoms with Crippen LogP contribution in [0.15, 0.2) is 66.7 Å². The average Bonchev–Trinajstić information content (AvgIpc) is 2.74. The summed E-state index contributed by atoms with van der Waals surface area (Å²) >= 11 is 0. The highest BCUT2D eigenvalue weighted by atomic mass is 16.6. The second-order valence-corrected chi connectivity index (χ2v) is 7.52. The maximum absolute atomic E-state index is 9.64. The second-order valence-electron chi connectivity index (χ2n) is 7.52. The first-order valence-corrected chi connectivity index (χ1v) is 9.75. The van der Waals surface area contributed by atoms with Crippen LogP contribution in [0.3, 0.4) is 0 Å². The molecule has 2 heterocycles. The Morgan fingerprint density at radius 3 is 2.61 bits per heavy atom. The van der Waals surface area contributed by atoms with Gasteiger partial charge in [0.05, 0.1) is 0 Å². The molecule has 0 aromatic heterocycles. The van der Waals surface area contributed by atoms with Crippen molar-refractivity contribution in [1.82, 2.24) is 4.90 Å². The van der Waals surface area contributed by atoms with Gasteiger partial charge in [-0.1, -0.05) is 42.5 Å². The fourth-order valence-corrected chi connectivity index (χ4v) is 4.01. The third-order valence-electron chi connectivity index (χ3n) is 5.55. The molecule has 1 atom stereocenters. The Morgan fingerprint density at radius 2 is 1.75 bits per heavy atom. The van der Waals surface area contributed by atoms with Crippen LogP contribution in [0.1, 0.15) is 28.4 Å². The number of phenols is 1. The molecule has 0 amide bonds. The minimum absolute atomic E-state index is 0.0708. The van der Waals surface area contributed by atoms with Crippen LogP contribution in [0, 0.1) is 0 Å². The molecule has 5 rings (SSSR count). The number of benzene rings is 3. The Balaban J connectivity index is 1.24. The summed E-state index contributed by atoms with van der Waals surface area (Å²) in [5.41, 5.74) is 5.01. The van der Waals surface area contributed by atoms with Gasteiger partial charge in [0, 0.05) is 19.6 Å². The molecule has 0 spiro atoms. The molecular formula is C24H23NO3. The predicted molar refractivity (Wildman–Crippen MR) is 108 cm³/mol. The molecule has 0 unspecified atom stereocenters. The molecule has 3 aromatic rings. The van der Waals surface area contributed by atoms with Gasteiger partial charge in [-0.05, 0) is 52.9 Å². The first kappa shape index (κ1) is 17.1. The number of rotatable bonds is 3. The van der Waals surface area contributed by atoms with E-state index in [1.165, 1.54) is 16.7 Å². The van der Waals surface area contributed by atoms with E-state index >= 15 is 0 Å². The van der Waals surface area contributed by atoms with Crippen molar-refractivity contribution in [3.8, 4) is 17.2 Å². The number of ether oxygens (including phenoxy) is 2. The molecule has 0 aliphatic carbocycles. The summed E-state index contributed by atoms with van der Waals surface area (Å²) in [5, 5.41) is 9.64. The third kappa shape index (κ3) is 3.43. The molecular weight excluding hydrogens is 350 g/mol. The number of hydrogen-bond acceptors (Lipinski definition) is 4. The Morgan fingerprint density at radius 1 is 0.929 bits per heavy atom. The molecule has 2 aliphatic heterocycles. The van der Waals surface area contributed by atoms with Gasteiger partial charge in [0.1, 0.15) is 12.4 Å². The van der Waals surface area contributed by atoms with Crippen LogP contribution in [-0.2, 0) is 19.5 Å². The molecule has 0 saturated heterocycles. The van der Waals surface area contributed by atoms with Crippen molar-refractivity contribution in [1.29, 1.82) is 0 Å². The highest BCUT2D eigenvalue weighted by Gasteiger charge is 2.22. The van der Waals surface area contributed by atoms with E-state index in [9.17, 15) is 5.11 Å². The van der Waals surface area contributed by atoms with Crippen molar-refractivity contribution < 1.29 is 14.6 Å². The summed E-state index contributed by atoms with van der Waals surface area (Å²) in [7, 11) is 0. The van der Waals surface area contributed by atoms with E-state index in [2.05, 4.69) is 29.2 Å². The van der Waals surface area contributed by atoms with Gasteiger partial charge in [-0.15, -0.1) is 0 Å². The van der Waals surface area contributed by atoms with Crippen molar-refractivity contribution in [3.63, 3.8) is 0 Å². The van der Waals surface area contributed by atoms with Crippen LogP contribution in [0.2, 0.25) is 0 Å². The van der Waals surface area contributed by atoms with Crippen molar-refractivity contribution in [2.24, 2.45) is 0 Å². The van der Waals surface area contributed by atoms with Gasteiger partial charge >= 0.3 is 0 Å². The normalized spacial score (nSPS) is 18.5. The van der Waals surface area contributed by atoms with E-state index in [1.807, 2.05) is 36.4 Å². The first-order valence-electron chi connectivity index (χ1n) is 9.75. The minimum atomic E-state index is -0.0708. The lowest BCUT2D eigenvalue weighted by molar-refractivity contribution is 0.0913. The zero-order chi connectivity index (χ0) is 18.9. The van der Waals surface area contributed by atoms with Crippen LogP contribution < -0.4 is 9.47 Å². The van der Waals surface area contributed by atoms with Crippen molar-refractivity contribution in [2.45, 2.75) is 25.6 Å². The number of nitrogens with zero attached hydrogens (tertiary/aromatic N) is 1. The second kappa shape index (κ2) is 7.21. The molecule has 28 heavy (non-hydrogen) atoms. The van der Waals surface area contributed by atoms with Crippen molar-refractivity contribution in [3.05, 3.63) is 89.0 Å². The Hall–Kier alpha value is -2.98. The lowest BCUT2D eigenvalue weighted by Gasteiger charge is -2.29. The molecule has 1 N–H and O–H groups in total. The average molecular weight is 373 g/mol. The minimum Gasteiger partial charge on any atom is -0.508 e. The van der Waals surface area contributed by atoms with Gasteiger partial charge in [0.25, 0.3) is 0 Å². The fourth-order valence-electron chi connectivity index (χ4n) is 4.01. The van der Waals surface area contributed by atoms with Crippen LogP contribution in [0.25, 0.3) is 0 Å². The van der Waals surface area contributed by atoms with Gasteiger partial charge in [-0.25, -0.2) is 0 Å². The van der Waals surface area contributed by atoms with Crippen LogP contribution in [0.5, 0.6) is 17.2 Å². The number of aromatic hydroxyl groups is 1. The molecule has 0 radical (unpaired) electrons. The maximum Gasteiger partial charge on any atom is 0.162 e. The fraction of sp³-hybridized carbons (Fsp3) is 0.250. The van der Waals surface area contributed by atoms with Gasteiger partial charge in [0.15, 0.2) is 17.6 Å². The lowest BCUT2D eigenvalue weighted by Crippen LogP contribution is -2.30. The maximum atomic E-state index is 9.64. The highest BCUT2D eigenvalue weighted by Crippen LogP contribution is 2.36. The number of fused-ring (bicyclic) bond motifs is 2. The molecule has 0 fully saturated rings. The van der Waals surface area contributed by atoms with Crippen LogP contribution in [-0.4, -0.2) is 23.2 Å². The van der Waals surface area contributed by atoms with Crippen LogP contribution in [0.4, 0.5) is 0 Å².